The molecule has 1 atom stereocenters. The first kappa shape index (κ1) is 14.6. The smallest absolute Gasteiger partial charge is 0.221 e. The number of hydrogen-bond acceptors (Lipinski definition) is 3. The zero-order valence-electron chi connectivity index (χ0n) is 11.0. The van der Waals surface area contributed by atoms with Crippen molar-refractivity contribution in [3.8, 4) is 0 Å². The average molecular weight is 341 g/mol. The van der Waals surface area contributed by atoms with E-state index < -0.39 is 5.82 Å². The number of anilines is 2. The molecule has 1 unspecified atom stereocenters. The summed E-state index contributed by atoms with van der Waals surface area (Å²) in [5, 5.41) is 5.63. The molecule has 0 aliphatic heterocycles. The lowest BCUT2D eigenvalue weighted by Crippen LogP contribution is -2.09. The summed E-state index contributed by atoms with van der Waals surface area (Å²) in [6.45, 7) is 3.26. The van der Waals surface area contributed by atoms with Crippen LogP contribution in [0.3, 0.4) is 0 Å². The highest BCUT2D eigenvalue weighted by molar-refractivity contribution is 9.10. The summed E-state index contributed by atoms with van der Waals surface area (Å²) >= 11 is 3.22. The van der Waals surface area contributed by atoms with Crippen LogP contribution in [-0.2, 0) is 4.79 Å². The first-order valence-electron chi connectivity index (χ1n) is 6.04. The van der Waals surface area contributed by atoms with Crippen molar-refractivity contribution in [3.05, 3.63) is 46.6 Å². The van der Waals surface area contributed by atoms with Gasteiger partial charge in [0.05, 0.1) is 11.7 Å². The van der Waals surface area contributed by atoms with Gasteiger partial charge in [0.1, 0.15) is 11.6 Å². The zero-order valence-corrected chi connectivity index (χ0v) is 12.6. The molecule has 0 saturated carbocycles. The number of carbonyl (C=O) groups excluding carboxylic acids is 1. The Bertz CT molecular complexity index is 627. The fourth-order valence-electron chi connectivity index (χ4n) is 1.78. The molecular formula is C14H14BrFN2O2. The van der Waals surface area contributed by atoms with Gasteiger partial charge < -0.3 is 15.1 Å². The van der Waals surface area contributed by atoms with Crippen LogP contribution in [0.25, 0.3) is 0 Å². The van der Waals surface area contributed by atoms with Crippen LogP contribution in [0.1, 0.15) is 25.6 Å². The molecule has 0 radical (unpaired) electrons. The standard InChI is InChI=1S/C14H14BrFN2O2/c1-8(13-5-6-14(15)20-13)17-12-7-10(18-9(2)19)3-4-11(12)16/h3-8,17H,1-2H3,(H,18,19). The Hall–Kier alpha value is -1.82. The van der Waals surface area contributed by atoms with Gasteiger partial charge in [-0.1, -0.05) is 0 Å². The van der Waals surface area contributed by atoms with Crippen LogP contribution in [0.5, 0.6) is 0 Å². The van der Waals surface area contributed by atoms with Gasteiger partial charge in [0.2, 0.25) is 5.91 Å². The Labute approximate surface area is 124 Å². The molecule has 0 fully saturated rings. The fraction of sp³-hybridized carbons (Fsp3) is 0.214. The second-order valence-electron chi connectivity index (χ2n) is 4.38. The molecule has 0 aliphatic carbocycles. The third kappa shape index (κ3) is 3.60. The number of hydrogen-bond donors (Lipinski definition) is 2. The summed E-state index contributed by atoms with van der Waals surface area (Å²) in [7, 11) is 0. The highest BCUT2D eigenvalue weighted by atomic mass is 79.9. The Balaban J connectivity index is 2.17. The summed E-state index contributed by atoms with van der Waals surface area (Å²) in [6.07, 6.45) is 0. The SMILES string of the molecule is CC(=O)Nc1ccc(F)c(NC(C)c2ccc(Br)o2)c1. The molecule has 1 heterocycles. The predicted molar refractivity (Wildman–Crippen MR) is 79.1 cm³/mol. The van der Waals surface area contributed by atoms with Gasteiger partial charge in [-0.3, -0.25) is 4.79 Å². The van der Waals surface area contributed by atoms with Gasteiger partial charge in [0.25, 0.3) is 0 Å². The van der Waals surface area contributed by atoms with Gasteiger partial charge in [-0.15, -0.1) is 0 Å². The van der Waals surface area contributed by atoms with Crippen molar-refractivity contribution in [3.63, 3.8) is 0 Å². The predicted octanol–water partition coefficient (Wildman–Crippen LogP) is 4.31. The summed E-state index contributed by atoms with van der Waals surface area (Å²) in [5.41, 5.74) is 0.838. The Kier molecular flexibility index (Phi) is 4.44. The van der Waals surface area contributed by atoms with Crippen LogP contribution >= 0.6 is 15.9 Å². The molecule has 2 N–H and O–H groups in total. The van der Waals surface area contributed by atoms with Crippen LogP contribution in [0.15, 0.2) is 39.4 Å². The first-order valence-corrected chi connectivity index (χ1v) is 6.84. The maximum atomic E-state index is 13.8. The number of furan rings is 1. The molecule has 1 aromatic carbocycles. The molecule has 0 aliphatic rings. The van der Waals surface area contributed by atoms with E-state index in [1.165, 1.54) is 19.1 Å². The van der Waals surface area contributed by atoms with Gasteiger partial charge in [0, 0.05) is 12.6 Å². The molecule has 6 heteroatoms. The zero-order chi connectivity index (χ0) is 14.7. The molecule has 1 aromatic heterocycles. The van der Waals surface area contributed by atoms with E-state index in [9.17, 15) is 9.18 Å². The summed E-state index contributed by atoms with van der Waals surface area (Å²) in [6, 6.07) is 7.73. The van der Waals surface area contributed by atoms with Crippen molar-refractivity contribution in [1.82, 2.24) is 0 Å². The molecule has 1 amide bonds. The number of halogens is 2. The largest absolute Gasteiger partial charge is 0.452 e. The Morgan fingerprint density at radius 2 is 2.10 bits per heavy atom. The maximum Gasteiger partial charge on any atom is 0.221 e. The molecular weight excluding hydrogens is 327 g/mol. The lowest BCUT2D eigenvalue weighted by Gasteiger charge is -2.14. The highest BCUT2D eigenvalue weighted by Crippen LogP contribution is 2.26. The molecule has 2 aromatic rings. The molecule has 0 spiro atoms. The van der Waals surface area contributed by atoms with E-state index in [1.807, 2.05) is 6.92 Å². The first-order chi connectivity index (χ1) is 9.45. The van der Waals surface area contributed by atoms with Gasteiger partial charge in [0.15, 0.2) is 4.67 Å². The van der Waals surface area contributed by atoms with Gasteiger partial charge in [-0.2, -0.15) is 0 Å². The number of rotatable bonds is 4. The van der Waals surface area contributed by atoms with Crippen LogP contribution in [0, 0.1) is 5.82 Å². The number of amides is 1. The van der Waals surface area contributed by atoms with E-state index in [0.29, 0.717) is 21.8 Å². The van der Waals surface area contributed by atoms with Crippen molar-refractivity contribution < 1.29 is 13.6 Å². The fourth-order valence-corrected chi connectivity index (χ4v) is 2.10. The van der Waals surface area contributed by atoms with Crippen LogP contribution in [-0.4, -0.2) is 5.91 Å². The van der Waals surface area contributed by atoms with Crippen molar-refractivity contribution >= 4 is 33.2 Å². The minimum absolute atomic E-state index is 0.203. The van der Waals surface area contributed by atoms with E-state index >= 15 is 0 Å². The lowest BCUT2D eigenvalue weighted by molar-refractivity contribution is -0.114. The molecule has 106 valence electrons. The van der Waals surface area contributed by atoms with Crippen LogP contribution < -0.4 is 10.6 Å². The van der Waals surface area contributed by atoms with E-state index in [0.717, 1.165) is 0 Å². The second-order valence-corrected chi connectivity index (χ2v) is 5.17. The van der Waals surface area contributed by atoms with Crippen molar-refractivity contribution in [2.45, 2.75) is 19.9 Å². The van der Waals surface area contributed by atoms with Gasteiger partial charge in [-0.25, -0.2) is 4.39 Å². The third-order valence-electron chi connectivity index (χ3n) is 2.68. The maximum absolute atomic E-state index is 13.8. The van der Waals surface area contributed by atoms with Crippen LogP contribution in [0.2, 0.25) is 0 Å². The lowest BCUT2D eigenvalue weighted by atomic mass is 10.2. The topological polar surface area (TPSA) is 54.3 Å². The summed E-state index contributed by atoms with van der Waals surface area (Å²) in [4.78, 5) is 11.0. The monoisotopic (exact) mass is 340 g/mol. The highest BCUT2D eigenvalue weighted by Gasteiger charge is 2.12. The van der Waals surface area contributed by atoms with Crippen molar-refractivity contribution in [2.75, 3.05) is 10.6 Å². The van der Waals surface area contributed by atoms with E-state index in [4.69, 9.17) is 4.42 Å². The van der Waals surface area contributed by atoms with Crippen molar-refractivity contribution in [1.29, 1.82) is 0 Å². The normalized spacial score (nSPS) is 12.0. The third-order valence-corrected chi connectivity index (χ3v) is 3.11. The summed E-state index contributed by atoms with van der Waals surface area (Å²) < 4.78 is 19.8. The van der Waals surface area contributed by atoms with Gasteiger partial charge >= 0.3 is 0 Å². The minimum atomic E-state index is -0.392. The number of benzene rings is 1. The summed E-state index contributed by atoms with van der Waals surface area (Å²) in [5.74, 6) is 0.0864. The number of carbonyl (C=O) groups is 1. The Morgan fingerprint density at radius 3 is 2.70 bits per heavy atom. The Morgan fingerprint density at radius 1 is 1.35 bits per heavy atom. The molecule has 0 bridgehead atoms. The van der Waals surface area contributed by atoms with E-state index in [-0.39, 0.29) is 11.9 Å². The molecule has 4 nitrogen and oxygen atoms in total. The number of nitrogens with one attached hydrogen (secondary N) is 2. The van der Waals surface area contributed by atoms with Crippen LogP contribution in [0.4, 0.5) is 15.8 Å². The molecule has 0 saturated heterocycles. The molecule has 2 rings (SSSR count). The average Bonchev–Trinajstić information content (AvgIpc) is 2.79. The second kappa shape index (κ2) is 6.09. The van der Waals surface area contributed by atoms with Gasteiger partial charge in [-0.05, 0) is 53.2 Å². The quantitative estimate of drug-likeness (QED) is 0.871. The molecule has 20 heavy (non-hydrogen) atoms. The van der Waals surface area contributed by atoms with Crippen molar-refractivity contribution in [2.24, 2.45) is 0 Å². The van der Waals surface area contributed by atoms with E-state index in [2.05, 4.69) is 26.6 Å². The van der Waals surface area contributed by atoms with E-state index in [1.54, 1.807) is 18.2 Å². The minimum Gasteiger partial charge on any atom is -0.452 e.